The first-order valence-electron chi connectivity index (χ1n) is 20.6. The van der Waals surface area contributed by atoms with Crippen LogP contribution in [0.2, 0.25) is 5.15 Å². The van der Waals surface area contributed by atoms with Crippen LogP contribution in [0.3, 0.4) is 0 Å². The smallest absolute Gasteiger partial charge is 0.274 e. The molecule has 3 aromatic heterocycles. The number of Topliss-reactive ketones (excluding diaryl/α,β-unsaturated/α-hetero) is 2. The van der Waals surface area contributed by atoms with Gasteiger partial charge in [-0.3, -0.25) is 24.4 Å². The third-order valence-corrected chi connectivity index (χ3v) is 11.2. The van der Waals surface area contributed by atoms with E-state index in [1.807, 2.05) is 48.5 Å². The molecule has 13 nitrogen and oxygen atoms in total. The molecule has 1 fully saturated rings. The molecule has 4 heterocycles. The molecule has 0 radical (unpaired) electrons. The SMILES string of the molecule is Cl.Cl.Nc1nc(N)c(C(=O)N[C@H]2CCC[N+](CCCc3ccc(OCC(=O)CCc4cccnc4)cc3)(CCCc3ccc(OCC(=O)CCc4cccnc4)cc3)C2)nc1Cl.[Cl-]. The summed E-state index contributed by atoms with van der Waals surface area (Å²) in [5.74, 6) is 0.941. The van der Waals surface area contributed by atoms with Gasteiger partial charge in [0.1, 0.15) is 24.7 Å². The molecule has 0 bridgehead atoms. The number of aromatic nitrogens is 4. The number of likely N-dealkylation sites (tertiary alicyclic amines) is 1. The molecule has 1 amide bonds. The number of nitrogens with two attached hydrogens (primary N) is 2. The van der Waals surface area contributed by atoms with Gasteiger partial charge in [-0.1, -0.05) is 48.0 Å². The minimum absolute atomic E-state index is 0. The van der Waals surface area contributed by atoms with Gasteiger partial charge in [-0.2, -0.15) is 0 Å². The lowest BCUT2D eigenvalue weighted by molar-refractivity contribution is -0.933. The number of amides is 1. The van der Waals surface area contributed by atoms with E-state index in [9.17, 15) is 14.4 Å². The highest BCUT2D eigenvalue weighted by Gasteiger charge is 2.35. The van der Waals surface area contributed by atoms with E-state index in [1.54, 1.807) is 24.8 Å². The minimum atomic E-state index is -0.415. The number of quaternary nitrogens is 1. The molecule has 338 valence electrons. The molecular weight excluding hydrogens is 886 g/mol. The van der Waals surface area contributed by atoms with E-state index < -0.39 is 5.91 Å². The zero-order valence-electron chi connectivity index (χ0n) is 35.1. The second-order valence-electron chi connectivity index (χ2n) is 15.5. The summed E-state index contributed by atoms with van der Waals surface area (Å²) in [5.41, 5.74) is 16.2. The summed E-state index contributed by atoms with van der Waals surface area (Å²) in [6.07, 6.45) is 14.6. The Morgan fingerprint density at radius 3 is 1.68 bits per heavy atom. The molecule has 5 aromatic rings. The number of ketones is 2. The molecule has 17 heteroatoms. The fourth-order valence-electron chi connectivity index (χ4n) is 7.69. The van der Waals surface area contributed by atoms with Crippen molar-refractivity contribution in [1.29, 1.82) is 0 Å². The van der Waals surface area contributed by atoms with Crippen LogP contribution in [0.4, 0.5) is 11.6 Å². The van der Waals surface area contributed by atoms with Gasteiger partial charge in [-0.15, -0.1) is 24.8 Å². The van der Waals surface area contributed by atoms with Crippen LogP contribution in [-0.2, 0) is 35.3 Å². The number of anilines is 2. The first-order chi connectivity index (χ1) is 29.1. The average Bonchev–Trinajstić information content (AvgIpc) is 3.26. The number of ether oxygens (including phenoxy) is 2. The lowest BCUT2D eigenvalue weighted by Gasteiger charge is -2.45. The van der Waals surface area contributed by atoms with E-state index in [4.69, 9.17) is 32.5 Å². The number of aryl methyl sites for hydroxylation is 4. The molecule has 1 aliphatic rings. The van der Waals surface area contributed by atoms with Gasteiger partial charge in [0.25, 0.3) is 5.91 Å². The summed E-state index contributed by atoms with van der Waals surface area (Å²) in [6.45, 7) is 3.72. The van der Waals surface area contributed by atoms with Crippen molar-refractivity contribution in [3.63, 3.8) is 0 Å². The predicted octanol–water partition coefficient (Wildman–Crippen LogP) is 4.07. The lowest BCUT2D eigenvalue weighted by atomic mass is 9.99. The Balaban J connectivity index is 0.00000352. The number of nitrogens with one attached hydrogen (secondary N) is 1. The fraction of sp³-hybridized carbons (Fsp3) is 0.370. The van der Waals surface area contributed by atoms with Crippen LogP contribution in [0, 0.1) is 0 Å². The van der Waals surface area contributed by atoms with Crippen molar-refractivity contribution in [3.8, 4) is 11.5 Å². The minimum Gasteiger partial charge on any atom is -1.00 e. The Morgan fingerprint density at radius 1 is 0.698 bits per heavy atom. The summed E-state index contributed by atoms with van der Waals surface area (Å²) in [4.78, 5) is 54.5. The zero-order chi connectivity index (χ0) is 42.2. The van der Waals surface area contributed by atoms with E-state index >= 15 is 0 Å². The highest BCUT2D eigenvalue weighted by atomic mass is 35.5. The van der Waals surface area contributed by atoms with Gasteiger partial charge in [0.05, 0.1) is 32.2 Å². The Kier molecular flexibility index (Phi) is 22.0. The maximum atomic E-state index is 13.3. The number of benzene rings is 2. The van der Waals surface area contributed by atoms with E-state index in [0.29, 0.717) is 37.2 Å². The topological polar surface area (TPSA) is 185 Å². The first-order valence-corrected chi connectivity index (χ1v) is 21.0. The van der Waals surface area contributed by atoms with E-state index in [0.717, 1.165) is 80.3 Å². The molecule has 2 aromatic carbocycles. The number of carbonyl (C=O) groups is 3. The maximum absolute atomic E-state index is 13.3. The number of hydrogen-bond donors (Lipinski definition) is 3. The van der Waals surface area contributed by atoms with Gasteiger partial charge in [0, 0.05) is 50.5 Å². The molecule has 0 saturated carbocycles. The highest BCUT2D eigenvalue weighted by molar-refractivity contribution is 6.31. The fourth-order valence-corrected chi connectivity index (χ4v) is 7.82. The molecule has 6 rings (SSSR count). The Bertz CT molecular complexity index is 2060. The first kappa shape index (κ1) is 52.3. The van der Waals surface area contributed by atoms with Crippen molar-refractivity contribution < 1.29 is 40.7 Å². The van der Waals surface area contributed by atoms with Crippen molar-refractivity contribution in [1.82, 2.24) is 25.3 Å². The van der Waals surface area contributed by atoms with Crippen LogP contribution >= 0.6 is 36.4 Å². The summed E-state index contributed by atoms with van der Waals surface area (Å²) in [6, 6.07) is 23.5. The molecule has 1 saturated heterocycles. The van der Waals surface area contributed by atoms with Crippen molar-refractivity contribution >= 4 is 65.5 Å². The second-order valence-corrected chi connectivity index (χ2v) is 15.9. The van der Waals surface area contributed by atoms with Gasteiger partial charge in [0.15, 0.2) is 34.0 Å². The zero-order valence-corrected chi connectivity index (χ0v) is 38.3. The third kappa shape index (κ3) is 16.9. The van der Waals surface area contributed by atoms with Crippen LogP contribution in [0.1, 0.15) is 71.3 Å². The van der Waals surface area contributed by atoms with Crippen LogP contribution in [0.5, 0.6) is 11.5 Å². The predicted molar refractivity (Wildman–Crippen MR) is 246 cm³/mol. The number of hydrogen-bond acceptors (Lipinski definition) is 11. The quantitative estimate of drug-likeness (QED) is 0.0851. The van der Waals surface area contributed by atoms with E-state index in [2.05, 4.69) is 49.5 Å². The van der Waals surface area contributed by atoms with E-state index in [1.165, 1.54) is 11.1 Å². The molecule has 0 unspecified atom stereocenters. The largest absolute Gasteiger partial charge is 1.00 e. The number of nitrogens with zero attached hydrogens (tertiary/aromatic N) is 5. The molecule has 0 spiro atoms. The number of piperidine rings is 1. The molecule has 5 N–H and O–H groups in total. The molecule has 0 aliphatic carbocycles. The van der Waals surface area contributed by atoms with Gasteiger partial charge < -0.3 is 43.1 Å². The van der Waals surface area contributed by atoms with Crippen molar-refractivity contribution in [2.45, 2.75) is 70.3 Å². The standard InChI is InChI=1S/C46H53ClN8O5.3ClH/c47-43-45(49)54-44(48)42(53-43)46(58)52-37-10-5-27-55(30-37,25-3-8-33-13-19-40(20-14-33)59-31-38(56)17-11-35-6-1-23-50-28-35)26-4-9-34-15-21-41(22-16-34)60-32-39(57)18-12-36-7-2-24-51-29-36;;;/h1-2,6-7,13-16,19-24,28-29,37H,3-5,8-12,17-18,25-27,30-32H2,(H4-,48,49,52,54,58);3*1H/t37-;;;/m0.../s1. The Morgan fingerprint density at radius 2 is 1.21 bits per heavy atom. The second kappa shape index (κ2) is 26.5. The van der Waals surface area contributed by atoms with Crippen molar-refractivity contribution in [2.24, 2.45) is 0 Å². The van der Waals surface area contributed by atoms with Gasteiger partial charge in [-0.25, -0.2) is 9.97 Å². The monoisotopic (exact) mass is 940 g/mol. The number of carbonyl (C=O) groups excluding carboxylic acids is 3. The summed E-state index contributed by atoms with van der Waals surface area (Å²) in [5, 5.41) is 3.10. The number of nitrogen functional groups attached to an aromatic ring is 2. The Hall–Kier alpha value is -5.05. The molecular formula is C46H56Cl4N8O5. The van der Waals surface area contributed by atoms with Crippen LogP contribution in [0.15, 0.2) is 97.6 Å². The summed E-state index contributed by atoms with van der Waals surface area (Å²) >= 11 is 6.09. The third-order valence-electron chi connectivity index (χ3n) is 10.9. The van der Waals surface area contributed by atoms with Gasteiger partial charge in [-0.05, 0) is 97.2 Å². The van der Waals surface area contributed by atoms with Crippen LogP contribution in [-0.4, -0.2) is 87.3 Å². The highest BCUT2D eigenvalue weighted by Crippen LogP contribution is 2.25. The van der Waals surface area contributed by atoms with Gasteiger partial charge >= 0.3 is 0 Å². The Labute approximate surface area is 393 Å². The van der Waals surface area contributed by atoms with Crippen molar-refractivity contribution in [2.75, 3.05) is 50.9 Å². The van der Waals surface area contributed by atoms with Crippen molar-refractivity contribution in [3.05, 3.63) is 131 Å². The molecule has 1 atom stereocenters. The molecule has 1 aliphatic heterocycles. The number of pyridine rings is 2. The van der Waals surface area contributed by atoms with Gasteiger partial charge in [0.2, 0.25) is 0 Å². The lowest BCUT2D eigenvalue weighted by Crippen LogP contribution is -3.00. The molecule has 63 heavy (non-hydrogen) atoms. The summed E-state index contributed by atoms with van der Waals surface area (Å²) in [7, 11) is 0. The van der Waals surface area contributed by atoms with Crippen LogP contribution < -0.4 is 38.7 Å². The van der Waals surface area contributed by atoms with Crippen LogP contribution in [0.25, 0.3) is 0 Å². The van der Waals surface area contributed by atoms with E-state index in [-0.39, 0.29) is 90.5 Å². The maximum Gasteiger partial charge on any atom is 0.274 e. The number of halogens is 4. The normalized spacial score (nSPS) is 13.9. The number of rotatable bonds is 22. The average molecular weight is 943 g/mol. The summed E-state index contributed by atoms with van der Waals surface area (Å²) < 4.78 is 12.5.